The van der Waals surface area contributed by atoms with Crippen LogP contribution in [0.1, 0.15) is 25.8 Å². The average molecular weight is 277 g/mol. The van der Waals surface area contributed by atoms with Gasteiger partial charge in [0.25, 0.3) is 0 Å². The molecule has 1 aromatic rings. The maximum Gasteiger partial charge on any atom is 0.224 e. The van der Waals surface area contributed by atoms with Crippen molar-refractivity contribution in [3.63, 3.8) is 0 Å². The van der Waals surface area contributed by atoms with Gasteiger partial charge < -0.3 is 15.1 Å². The lowest BCUT2D eigenvalue weighted by Crippen LogP contribution is -2.34. The van der Waals surface area contributed by atoms with Gasteiger partial charge in [-0.1, -0.05) is 13.8 Å². The summed E-state index contributed by atoms with van der Waals surface area (Å²) in [5, 5.41) is 3.27. The summed E-state index contributed by atoms with van der Waals surface area (Å²) in [6.45, 7) is 9.57. The lowest BCUT2D eigenvalue weighted by atomic mass is 10.1. The number of nitrogens with one attached hydrogen (secondary N) is 1. The average Bonchev–Trinajstić information content (AvgIpc) is 2.80. The summed E-state index contributed by atoms with van der Waals surface area (Å²) in [6.07, 6.45) is 3.00. The first-order chi connectivity index (χ1) is 9.52. The summed E-state index contributed by atoms with van der Waals surface area (Å²) in [7, 11) is 4.32. The Balaban J connectivity index is 2.16. The third-order valence-corrected chi connectivity index (χ3v) is 4.01. The molecule has 1 aliphatic heterocycles. The molecule has 0 saturated carbocycles. The van der Waals surface area contributed by atoms with Crippen molar-refractivity contribution in [2.45, 2.75) is 33.2 Å². The van der Waals surface area contributed by atoms with Crippen molar-refractivity contribution in [1.82, 2.24) is 14.9 Å². The van der Waals surface area contributed by atoms with Gasteiger partial charge in [0.1, 0.15) is 5.82 Å². The second kappa shape index (κ2) is 6.39. The van der Waals surface area contributed by atoms with Crippen LogP contribution in [-0.2, 0) is 0 Å². The Morgan fingerprint density at radius 2 is 2.15 bits per heavy atom. The van der Waals surface area contributed by atoms with Gasteiger partial charge in [-0.3, -0.25) is 0 Å². The number of hydrogen-bond donors (Lipinski definition) is 1. The van der Waals surface area contributed by atoms with E-state index in [2.05, 4.69) is 55.0 Å². The number of aromatic nitrogens is 2. The number of nitrogens with zero attached hydrogens (tertiary/aromatic N) is 4. The molecule has 2 rings (SSSR count). The van der Waals surface area contributed by atoms with Crippen LogP contribution in [0.3, 0.4) is 0 Å². The minimum atomic E-state index is 0.594. The maximum atomic E-state index is 4.71. The summed E-state index contributed by atoms with van der Waals surface area (Å²) in [5.74, 6) is 2.48. The zero-order valence-corrected chi connectivity index (χ0v) is 13.3. The molecule has 1 aliphatic rings. The van der Waals surface area contributed by atoms with Crippen molar-refractivity contribution in [3.8, 4) is 0 Å². The topological polar surface area (TPSA) is 44.3 Å². The van der Waals surface area contributed by atoms with E-state index in [0.29, 0.717) is 12.0 Å². The fourth-order valence-electron chi connectivity index (χ4n) is 2.87. The van der Waals surface area contributed by atoms with E-state index in [1.807, 2.05) is 6.20 Å². The molecule has 0 spiro atoms. The van der Waals surface area contributed by atoms with Gasteiger partial charge in [0, 0.05) is 37.4 Å². The van der Waals surface area contributed by atoms with E-state index >= 15 is 0 Å². The highest BCUT2D eigenvalue weighted by Crippen LogP contribution is 2.27. The molecule has 2 heterocycles. The fourth-order valence-corrected chi connectivity index (χ4v) is 2.87. The Hall–Kier alpha value is -1.36. The minimum absolute atomic E-state index is 0.594. The van der Waals surface area contributed by atoms with Crippen LogP contribution in [-0.4, -0.2) is 54.6 Å². The number of hydrogen-bond acceptors (Lipinski definition) is 5. The van der Waals surface area contributed by atoms with Gasteiger partial charge in [0.2, 0.25) is 5.95 Å². The fraction of sp³-hybridized carbons (Fsp3) is 0.733. The van der Waals surface area contributed by atoms with Crippen molar-refractivity contribution in [3.05, 3.63) is 11.8 Å². The quantitative estimate of drug-likeness (QED) is 0.892. The second-order valence-electron chi connectivity index (χ2n) is 6.04. The standard InChI is InChI=1S/C15H27N5/c1-6-7-16-15-17-8-11(2)14(18-15)20-9-12(3)13(10-20)19(4)5/h8,12-13H,6-7,9-10H2,1-5H3,(H,16,17,18). The highest BCUT2D eigenvalue weighted by molar-refractivity contribution is 5.50. The monoisotopic (exact) mass is 277 g/mol. The first kappa shape index (κ1) is 15.0. The molecule has 20 heavy (non-hydrogen) atoms. The number of aryl methyl sites for hydroxylation is 1. The molecule has 1 saturated heterocycles. The van der Waals surface area contributed by atoms with Gasteiger partial charge in [-0.05, 0) is 33.4 Å². The van der Waals surface area contributed by atoms with Crippen LogP contribution in [0.5, 0.6) is 0 Å². The first-order valence-corrected chi connectivity index (χ1v) is 7.51. The normalized spacial score (nSPS) is 22.6. The highest BCUT2D eigenvalue weighted by Gasteiger charge is 2.32. The van der Waals surface area contributed by atoms with E-state index in [1.165, 1.54) is 0 Å². The third kappa shape index (κ3) is 3.20. The highest BCUT2D eigenvalue weighted by atomic mass is 15.3. The van der Waals surface area contributed by atoms with Crippen molar-refractivity contribution in [2.75, 3.05) is 43.9 Å². The Bertz CT molecular complexity index is 446. The lowest BCUT2D eigenvalue weighted by molar-refractivity contribution is 0.266. The van der Waals surface area contributed by atoms with E-state index in [9.17, 15) is 0 Å². The molecule has 1 N–H and O–H groups in total. The van der Waals surface area contributed by atoms with Crippen molar-refractivity contribution >= 4 is 11.8 Å². The Morgan fingerprint density at radius 1 is 1.40 bits per heavy atom. The molecule has 0 aliphatic carbocycles. The van der Waals surface area contributed by atoms with E-state index < -0.39 is 0 Å². The number of likely N-dealkylation sites (N-methyl/N-ethyl adjacent to an activating group) is 1. The summed E-state index contributed by atoms with van der Waals surface area (Å²) < 4.78 is 0. The summed E-state index contributed by atoms with van der Waals surface area (Å²) in [5.41, 5.74) is 1.15. The lowest BCUT2D eigenvalue weighted by Gasteiger charge is -2.23. The van der Waals surface area contributed by atoms with E-state index in [-0.39, 0.29) is 0 Å². The van der Waals surface area contributed by atoms with Crippen molar-refractivity contribution in [1.29, 1.82) is 0 Å². The molecule has 5 nitrogen and oxygen atoms in total. The Kier molecular flexibility index (Phi) is 4.81. The molecular formula is C15H27N5. The summed E-state index contributed by atoms with van der Waals surface area (Å²) in [4.78, 5) is 13.8. The zero-order valence-electron chi connectivity index (χ0n) is 13.3. The SMILES string of the molecule is CCCNc1ncc(C)c(N2CC(C)C(N(C)C)C2)n1. The molecule has 0 radical (unpaired) electrons. The largest absolute Gasteiger partial charge is 0.354 e. The first-order valence-electron chi connectivity index (χ1n) is 7.51. The maximum absolute atomic E-state index is 4.71. The van der Waals surface area contributed by atoms with E-state index in [1.54, 1.807) is 0 Å². The van der Waals surface area contributed by atoms with Crippen LogP contribution in [0.2, 0.25) is 0 Å². The van der Waals surface area contributed by atoms with Crippen LogP contribution in [0, 0.1) is 12.8 Å². The van der Waals surface area contributed by atoms with Gasteiger partial charge in [-0.25, -0.2) is 4.98 Å². The summed E-state index contributed by atoms with van der Waals surface area (Å²) in [6, 6.07) is 0.594. The predicted molar refractivity (Wildman–Crippen MR) is 84.4 cm³/mol. The van der Waals surface area contributed by atoms with Gasteiger partial charge in [0.15, 0.2) is 0 Å². The van der Waals surface area contributed by atoms with Gasteiger partial charge in [-0.15, -0.1) is 0 Å². The van der Waals surface area contributed by atoms with Gasteiger partial charge in [0.05, 0.1) is 0 Å². The van der Waals surface area contributed by atoms with Crippen LogP contribution in [0.25, 0.3) is 0 Å². The second-order valence-corrected chi connectivity index (χ2v) is 6.04. The zero-order chi connectivity index (χ0) is 14.7. The molecule has 0 aromatic carbocycles. The molecule has 1 fully saturated rings. The smallest absolute Gasteiger partial charge is 0.224 e. The molecule has 112 valence electrons. The van der Waals surface area contributed by atoms with Crippen molar-refractivity contribution in [2.24, 2.45) is 5.92 Å². The molecular weight excluding hydrogens is 250 g/mol. The van der Waals surface area contributed by atoms with E-state index in [4.69, 9.17) is 4.98 Å². The minimum Gasteiger partial charge on any atom is -0.354 e. The predicted octanol–water partition coefficient (Wildman–Crippen LogP) is 1.99. The van der Waals surface area contributed by atoms with Gasteiger partial charge >= 0.3 is 0 Å². The Labute approximate surface area is 122 Å². The molecule has 5 heteroatoms. The van der Waals surface area contributed by atoms with Crippen LogP contribution >= 0.6 is 0 Å². The molecule has 1 aromatic heterocycles. The van der Waals surface area contributed by atoms with Gasteiger partial charge in [-0.2, -0.15) is 4.98 Å². The molecule has 0 amide bonds. The number of anilines is 2. The van der Waals surface area contributed by atoms with E-state index in [0.717, 1.165) is 43.4 Å². The van der Waals surface area contributed by atoms with Crippen LogP contribution in [0.15, 0.2) is 6.20 Å². The van der Waals surface area contributed by atoms with Crippen LogP contribution in [0.4, 0.5) is 11.8 Å². The number of rotatable bonds is 5. The van der Waals surface area contributed by atoms with Crippen LogP contribution < -0.4 is 10.2 Å². The molecule has 2 atom stereocenters. The van der Waals surface area contributed by atoms with Crippen molar-refractivity contribution < 1.29 is 0 Å². The third-order valence-electron chi connectivity index (χ3n) is 4.01. The molecule has 0 bridgehead atoms. The summed E-state index contributed by atoms with van der Waals surface area (Å²) >= 11 is 0. The Morgan fingerprint density at radius 3 is 2.75 bits per heavy atom. The molecule has 2 unspecified atom stereocenters.